The third-order valence-electron chi connectivity index (χ3n) is 3.48. The van der Waals surface area contributed by atoms with Crippen molar-refractivity contribution in [3.63, 3.8) is 0 Å². The smallest absolute Gasteiger partial charge is 0.241 e. The Morgan fingerprint density at radius 3 is 2.79 bits per heavy atom. The van der Waals surface area contributed by atoms with Crippen LogP contribution < -0.4 is 5.32 Å². The summed E-state index contributed by atoms with van der Waals surface area (Å²) in [4.78, 5) is 14.1. The molecule has 1 fully saturated rings. The van der Waals surface area contributed by atoms with E-state index in [1.54, 1.807) is 0 Å². The van der Waals surface area contributed by atoms with Gasteiger partial charge in [-0.3, -0.25) is 10.1 Å². The number of nitrogens with zero attached hydrogens (tertiary/aromatic N) is 1. The second-order valence-electron chi connectivity index (χ2n) is 5.56. The highest BCUT2D eigenvalue weighted by Crippen LogP contribution is 2.27. The van der Waals surface area contributed by atoms with E-state index < -0.39 is 0 Å². The third kappa shape index (κ3) is 3.28. The molecule has 4 heteroatoms. The minimum absolute atomic E-state index is 0.0556. The molecule has 3 nitrogen and oxygen atoms in total. The van der Waals surface area contributed by atoms with Crippen LogP contribution in [-0.2, 0) is 4.79 Å². The highest BCUT2D eigenvalue weighted by molar-refractivity contribution is 6.30. The second-order valence-corrected chi connectivity index (χ2v) is 6.00. The van der Waals surface area contributed by atoms with Crippen LogP contribution in [0.25, 0.3) is 0 Å². The Morgan fingerprint density at radius 2 is 2.16 bits per heavy atom. The van der Waals surface area contributed by atoms with Gasteiger partial charge in [0.1, 0.15) is 6.17 Å². The number of halogens is 1. The lowest BCUT2D eigenvalue weighted by atomic mass is 10.1. The molecule has 0 radical (unpaired) electrons. The number of rotatable bonds is 4. The summed E-state index contributed by atoms with van der Waals surface area (Å²) in [5.74, 6) is 0.759. The van der Waals surface area contributed by atoms with E-state index in [1.807, 2.05) is 36.1 Å². The molecule has 0 saturated carbocycles. The van der Waals surface area contributed by atoms with Crippen molar-refractivity contribution >= 4 is 17.5 Å². The summed E-state index contributed by atoms with van der Waals surface area (Å²) in [6, 6.07) is 7.58. The largest absolute Gasteiger partial charge is 0.322 e. The summed E-state index contributed by atoms with van der Waals surface area (Å²) in [6.45, 7) is 7.04. The maximum Gasteiger partial charge on any atom is 0.241 e. The minimum Gasteiger partial charge on any atom is -0.322 e. The number of hydrogen-bond donors (Lipinski definition) is 1. The zero-order valence-electron chi connectivity index (χ0n) is 11.7. The Hall–Kier alpha value is -1.06. The van der Waals surface area contributed by atoms with Crippen molar-refractivity contribution in [2.45, 2.75) is 39.4 Å². The highest BCUT2D eigenvalue weighted by atomic mass is 35.5. The molecular weight excluding hydrogens is 260 g/mol. The average molecular weight is 281 g/mol. The lowest BCUT2D eigenvalue weighted by Gasteiger charge is -2.25. The summed E-state index contributed by atoms with van der Waals surface area (Å²) in [7, 11) is 0. The summed E-state index contributed by atoms with van der Waals surface area (Å²) < 4.78 is 0. The van der Waals surface area contributed by atoms with E-state index >= 15 is 0 Å². The summed E-state index contributed by atoms with van der Waals surface area (Å²) in [5, 5.41) is 4.04. The fourth-order valence-electron chi connectivity index (χ4n) is 2.36. The van der Waals surface area contributed by atoms with Crippen molar-refractivity contribution in [3.8, 4) is 0 Å². The number of benzene rings is 1. The Labute approximate surface area is 119 Å². The molecule has 1 aliphatic rings. The van der Waals surface area contributed by atoms with Gasteiger partial charge < -0.3 is 4.90 Å². The SMILES string of the molecule is CC(C)CCN1C(=O)C(C)NC1c1cccc(Cl)c1. The first-order valence-corrected chi connectivity index (χ1v) is 7.19. The van der Waals surface area contributed by atoms with Crippen LogP contribution in [0.2, 0.25) is 5.02 Å². The van der Waals surface area contributed by atoms with Crippen molar-refractivity contribution in [1.82, 2.24) is 10.2 Å². The van der Waals surface area contributed by atoms with Gasteiger partial charge in [0.15, 0.2) is 0 Å². The molecular formula is C15H21ClN2O. The van der Waals surface area contributed by atoms with Crippen molar-refractivity contribution in [3.05, 3.63) is 34.9 Å². The topological polar surface area (TPSA) is 32.3 Å². The van der Waals surface area contributed by atoms with Crippen LogP contribution in [0.15, 0.2) is 24.3 Å². The van der Waals surface area contributed by atoms with Gasteiger partial charge in [-0.15, -0.1) is 0 Å². The first kappa shape index (κ1) is 14.4. The molecule has 1 N–H and O–H groups in total. The fraction of sp³-hybridized carbons (Fsp3) is 0.533. The van der Waals surface area contributed by atoms with Crippen LogP contribution in [0.3, 0.4) is 0 Å². The molecule has 1 saturated heterocycles. The van der Waals surface area contributed by atoms with Crippen molar-refractivity contribution < 1.29 is 4.79 Å². The summed E-state index contributed by atoms with van der Waals surface area (Å²) in [6.07, 6.45) is 0.956. The van der Waals surface area contributed by atoms with Gasteiger partial charge in [-0.25, -0.2) is 0 Å². The molecule has 0 spiro atoms. The molecule has 1 aromatic carbocycles. The van der Waals surface area contributed by atoms with Gasteiger partial charge in [0.05, 0.1) is 6.04 Å². The standard InChI is InChI=1S/C15H21ClN2O/c1-10(2)7-8-18-14(17-11(3)15(18)19)12-5-4-6-13(16)9-12/h4-6,9-11,14,17H,7-8H2,1-3H3. The van der Waals surface area contributed by atoms with Crippen LogP contribution in [0.4, 0.5) is 0 Å². The van der Waals surface area contributed by atoms with E-state index in [2.05, 4.69) is 19.2 Å². The number of nitrogens with one attached hydrogen (secondary N) is 1. The Morgan fingerprint density at radius 1 is 1.42 bits per heavy atom. The van der Waals surface area contributed by atoms with Crippen LogP contribution in [-0.4, -0.2) is 23.4 Å². The molecule has 104 valence electrons. The molecule has 2 rings (SSSR count). The van der Waals surface area contributed by atoms with Crippen LogP contribution >= 0.6 is 11.6 Å². The van der Waals surface area contributed by atoms with Crippen molar-refractivity contribution in [2.75, 3.05) is 6.54 Å². The number of carbonyl (C=O) groups is 1. The lowest BCUT2D eigenvalue weighted by Crippen LogP contribution is -2.32. The Balaban J connectivity index is 2.19. The molecule has 2 atom stereocenters. The van der Waals surface area contributed by atoms with Gasteiger partial charge in [-0.1, -0.05) is 37.6 Å². The highest BCUT2D eigenvalue weighted by Gasteiger charge is 2.36. The normalized spacial score (nSPS) is 23.4. The zero-order valence-corrected chi connectivity index (χ0v) is 12.4. The number of amides is 1. The van der Waals surface area contributed by atoms with Crippen LogP contribution in [0.5, 0.6) is 0 Å². The molecule has 19 heavy (non-hydrogen) atoms. The minimum atomic E-state index is -0.129. The second kappa shape index (κ2) is 5.93. The van der Waals surface area contributed by atoms with E-state index in [-0.39, 0.29) is 18.1 Å². The monoisotopic (exact) mass is 280 g/mol. The average Bonchev–Trinajstić information content (AvgIpc) is 2.63. The molecule has 0 aromatic heterocycles. The Bertz CT molecular complexity index is 461. The van der Waals surface area contributed by atoms with E-state index in [0.717, 1.165) is 18.5 Å². The molecule has 2 unspecified atom stereocenters. The first-order chi connectivity index (χ1) is 8.99. The maximum atomic E-state index is 12.2. The quantitative estimate of drug-likeness (QED) is 0.919. The first-order valence-electron chi connectivity index (χ1n) is 6.81. The van der Waals surface area contributed by atoms with Crippen LogP contribution in [0, 0.1) is 5.92 Å². The molecule has 1 amide bonds. The summed E-state index contributed by atoms with van der Waals surface area (Å²) >= 11 is 6.04. The third-order valence-corrected chi connectivity index (χ3v) is 3.72. The molecule has 0 bridgehead atoms. The van der Waals surface area contributed by atoms with Gasteiger partial charge >= 0.3 is 0 Å². The molecule has 1 aliphatic heterocycles. The van der Waals surface area contributed by atoms with Crippen molar-refractivity contribution in [2.24, 2.45) is 5.92 Å². The predicted octanol–water partition coefficient (Wildman–Crippen LogP) is 3.21. The van der Waals surface area contributed by atoms with E-state index in [0.29, 0.717) is 10.9 Å². The molecule has 0 aliphatic carbocycles. The zero-order chi connectivity index (χ0) is 14.0. The Kier molecular flexibility index (Phi) is 4.48. The van der Waals surface area contributed by atoms with Crippen LogP contribution in [0.1, 0.15) is 38.9 Å². The van der Waals surface area contributed by atoms with Gasteiger partial charge in [-0.2, -0.15) is 0 Å². The van der Waals surface area contributed by atoms with E-state index in [9.17, 15) is 4.79 Å². The van der Waals surface area contributed by atoms with Gasteiger partial charge in [0.2, 0.25) is 5.91 Å². The number of carbonyl (C=O) groups excluding carboxylic acids is 1. The summed E-state index contributed by atoms with van der Waals surface area (Å²) in [5.41, 5.74) is 1.05. The number of hydrogen-bond acceptors (Lipinski definition) is 2. The fourth-order valence-corrected chi connectivity index (χ4v) is 2.56. The maximum absolute atomic E-state index is 12.2. The van der Waals surface area contributed by atoms with Crippen molar-refractivity contribution in [1.29, 1.82) is 0 Å². The molecule has 1 heterocycles. The van der Waals surface area contributed by atoms with Gasteiger partial charge in [0.25, 0.3) is 0 Å². The van der Waals surface area contributed by atoms with Gasteiger partial charge in [-0.05, 0) is 37.0 Å². The lowest BCUT2D eigenvalue weighted by molar-refractivity contribution is -0.130. The predicted molar refractivity (Wildman–Crippen MR) is 78.0 cm³/mol. The van der Waals surface area contributed by atoms with Gasteiger partial charge in [0, 0.05) is 11.6 Å². The van der Waals surface area contributed by atoms with E-state index in [1.165, 1.54) is 0 Å². The van der Waals surface area contributed by atoms with E-state index in [4.69, 9.17) is 11.6 Å². The molecule has 1 aromatic rings.